The number of ether oxygens (including phenoxy) is 1. The van der Waals surface area contributed by atoms with Crippen LogP contribution in [0.4, 0.5) is 0 Å². The van der Waals surface area contributed by atoms with Crippen molar-refractivity contribution in [2.75, 3.05) is 33.4 Å². The molecule has 0 bridgehead atoms. The summed E-state index contributed by atoms with van der Waals surface area (Å²) in [7, 11) is -2.11. The summed E-state index contributed by atoms with van der Waals surface area (Å²) in [5.41, 5.74) is 0.379. The molecule has 0 radical (unpaired) electrons. The third kappa shape index (κ3) is 4.32. The molecule has 5 nitrogen and oxygen atoms in total. The highest BCUT2D eigenvalue weighted by atomic mass is 32.2. The summed E-state index contributed by atoms with van der Waals surface area (Å²) in [6.07, 6.45) is 0. The molecule has 20 heavy (non-hydrogen) atoms. The van der Waals surface area contributed by atoms with Gasteiger partial charge in [-0.3, -0.25) is 0 Å². The highest BCUT2D eigenvalue weighted by molar-refractivity contribution is 7.89. The summed E-state index contributed by atoms with van der Waals surface area (Å²) in [6, 6.07) is 6.48. The Balaban J connectivity index is 3.03. The molecule has 0 aliphatic rings. The molecule has 0 saturated heterocycles. The zero-order valence-corrected chi connectivity index (χ0v) is 12.5. The predicted octanol–water partition coefficient (Wildman–Crippen LogP) is 0.687. The molecule has 0 fully saturated rings. The summed E-state index contributed by atoms with van der Waals surface area (Å²) >= 11 is 0. The van der Waals surface area contributed by atoms with Crippen LogP contribution in [0.2, 0.25) is 0 Å². The maximum Gasteiger partial charge on any atom is 0.244 e. The van der Waals surface area contributed by atoms with E-state index in [4.69, 9.17) is 9.84 Å². The van der Waals surface area contributed by atoms with Gasteiger partial charge in [-0.25, -0.2) is 8.42 Å². The number of likely N-dealkylation sites (N-methyl/N-ethyl adjacent to an activating group) is 1. The Morgan fingerprint density at radius 2 is 2.05 bits per heavy atom. The smallest absolute Gasteiger partial charge is 0.244 e. The van der Waals surface area contributed by atoms with E-state index in [9.17, 15) is 8.42 Å². The van der Waals surface area contributed by atoms with E-state index in [1.165, 1.54) is 17.4 Å². The fraction of sp³-hybridized carbons (Fsp3) is 0.429. The summed E-state index contributed by atoms with van der Waals surface area (Å²) in [6.45, 7) is 2.71. The minimum absolute atomic E-state index is 0.139. The van der Waals surface area contributed by atoms with Gasteiger partial charge in [-0.2, -0.15) is 4.31 Å². The number of sulfonamides is 1. The first-order chi connectivity index (χ1) is 9.54. The number of hydrogen-bond donors (Lipinski definition) is 1. The molecule has 0 amide bonds. The van der Waals surface area contributed by atoms with Crippen molar-refractivity contribution in [3.05, 3.63) is 29.8 Å². The van der Waals surface area contributed by atoms with Crippen molar-refractivity contribution in [1.82, 2.24) is 4.31 Å². The highest BCUT2D eigenvalue weighted by Crippen LogP contribution is 2.18. The second-order valence-corrected chi connectivity index (χ2v) is 5.99. The van der Waals surface area contributed by atoms with Gasteiger partial charge in [-0.1, -0.05) is 24.0 Å². The molecule has 0 atom stereocenters. The monoisotopic (exact) mass is 297 g/mol. The van der Waals surface area contributed by atoms with Crippen LogP contribution in [0.5, 0.6) is 0 Å². The number of nitrogens with zero attached hydrogens (tertiary/aromatic N) is 1. The van der Waals surface area contributed by atoms with E-state index in [-0.39, 0.29) is 18.0 Å². The molecule has 110 valence electrons. The minimum Gasteiger partial charge on any atom is -0.384 e. The van der Waals surface area contributed by atoms with Crippen molar-refractivity contribution in [2.45, 2.75) is 11.8 Å². The maximum atomic E-state index is 12.5. The maximum absolute atomic E-state index is 12.5. The van der Waals surface area contributed by atoms with Crippen LogP contribution < -0.4 is 0 Å². The molecule has 0 saturated carbocycles. The molecule has 0 unspecified atom stereocenters. The zero-order chi connectivity index (χ0) is 15.0. The van der Waals surface area contributed by atoms with Gasteiger partial charge in [0.15, 0.2) is 0 Å². The van der Waals surface area contributed by atoms with Crippen molar-refractivity contribution in [1.29, 1.82) is 0 Å². The van der Waals surface area contributed by atoms with Gasteiger partial charge >= 0.3 is 0 Å². The normalized spacial score (nSPS) is 11.2. The molecule has 0 aliphatic carbocycles. The van der Waals surface area contributed by atoms with Crippen LogP contribution in [-0.2, 0) is 14.8 Å². The Labute approximate surface area is 120 Å². The molecule has 0 spiro atoms. The predicted molar refractivity (Wildman–Crippen MR) is 76.7 cm³/mol. The Bertz CT molecular complexity index is 587. The van der Waals surface area contributed by atoms with Crippen LogP contribution in [0.25, 0.3) is 0 Å². The van der Waals surface area contributed by atoms with Crippen molar-refractivity contribution in [3.8, 4) is 11.8 Å². The van der Waals surface area contributed by atoms with Crippen molar-refractivity contribution in [2.24, 2.45) is 0 Å². The van der Waals surface area contributed by atoms with Crippen LogP contribution in [0.15, 0.2) is 29.2 Å². The first-order valence-electron chi connectivity index (χ1n) is 6.27. The zero-order valence-electron chi connectivity index (χ0n) is 11.7. The van der Waals surface area contributed by atoms with E-state index in [0.29, 0.717) is 18.8 Å². The van der Waals surface area contributed by atoms with Crippen molar-refractivity contribution >= 4 is 10.0 Å². The van der Waals surface area contributed by atoms with Gasteiger partial charge in [0.25, 0.3) is 0 Å². The SMILES string of the molecule is CCOCCN(C)S(=O)(=O)c1ccccc1C#CCO. The third-order valence-electron chi connectivity index (χ3n) is 2.63. The molecular formula is C14H19NO4S. The van der Waals surface area contributed by atoms with Crippen LogP contribution in [0.1, 0.15) is 12.5 Å². The molecule has 0 aliphatic heterocycles. The fourth-order valence-electron chi connectivity index (χ4n) is 1.56. The Hall–Kier alpha value is -1.39. The lowest BCUT2D eigenvalue weighted by atomic mass is 10.2. The topological polar surface area (TPSA) is 66.8 Å². The number of aliphatic hydroxyl groups is 1. The lowest BCUT2D eigenvalue weighted by Gasteiger charge is -2.17. The molecule has 1 rings (SSSR count). The fourth-order valence-corrected chi connectivity index (χ4v) is 2.85. The molecule has 6 heteroatoms. The molecule has 1 aromatic carbocycles. The summed E-state index contributed by atoms with van der Waals surface area (Å²) in [5.74, 6) is 5.12. The summed E-state index contributed by atoms with van der Waals surface area (Å²) in [5, 5.41) is 8.72. The highest BCUT2D eigenvalue weighted by Gasteiger charge is 2.22. The van der Waals surface area contributed by atoms with E-state index in [1.807, 2.05) is 6.92 Å². The Morgan fingerprint density at radius 1 is 1.35 bits per heavy atom. The average Bonchev–Trinajstić information content (AvgIpc) is 2.45. The van der Waals surface area contributed by atoms with E-state index < -0.39 is 10.0 Å². The van der Waals surface area contributed by atoms with Gasteiger partial charge in [0.2, 0.25) is 10.0 Å². The van der Waals surface area contributed by atoms with Crippen molar-refractivity contribution < 1.29 is 18.3 Å². The molecular weight excluding hydrogens is 278 g/mol. The number of rotatable bonds is 6. The second kappa shape index (κ2) is 8.02. The van der Waals surface area contributed by atoms with Gasteiger partial charge in [0, 0.05) is 25.8 Å². The van der Waals surface area contributed by atoms with Gasteiger partial charge in [0.1, 0.15) is 6.61 Å². The lowest BCUT2D eigenvalue weighted by molar-refractivity contribution is 0.138. The number of hydrogen-bond acceptors (Lipinski definition) is 4. The molecule has 0 heterocycles. The van der Waals surface area contributed by atoms with E-state index in [1.54, 1.807) is 18.2 Å². The van der Waals surface area contributed by atoms with Crippen LogP contribution in [0, 0.1) is 11.8 Å². The first-order valence-corrected chi connectivity index (χ1v) is 7.71. The van der Waals surface area contributed by atoms with Crippen LogP contribution >= 0.6 is 0 Å². The molecule has 0 aromatic heterocycles. The largest absolute Gasteiger partial charge is 0.384 e. The molecule has 1 N–H and O–H groups in total. The van der Waals surface area contributed by atoms with Gasteiger partial charge < -0.3 is 9.84 Å². The minimum atomic E-state index is -3.61. The van der Waals surface area contributed by atoms with E-state index >= 15 is 0 Å². The Kier molecular flexibility index (Phi) is 6.68. The first kappa shape index (κ1) is 16.7. The van der Waals surface area contributed by atoms with E-state index in [2.05, 4.69) is 11.8 Å². The van der Waals surface area contributed by atoms with Crippen LogP contribution in [-0.4, -0.2) is 51.2 Å². The summed E-state index contributed by atoms with van der Waals surface area (Å²) in [4.78, 5) is 0.139. The number of benzene rings is 1. The van der Waals surface area contributed by atoms with Gasteiger partial charge in [-0.15, -0.1) is 0 Å². The average molecular weight is 297 g/mol. The third-order valence-corrected chi connectivity index (χ3v) is 4.55. The van der Waals surface area contributed by atoms with Gasteiger partial charge in [0.05, 0.1) is 11.5 Å². The lowest BCUT2D eigenvalue weighted by Crippen LogP contribution is -2.30. The number of aliphatic hydroxyl groups excluding tert-OH is 1. The van der Waals surface area contributed by atoms with Crippen molar-refractivity contribution in [3.63, 3.8) is 0 Å². The summed E-state index contributed by atoms with van der Waals surface area (Å²) < 4.78 is 31.3. The standard InChI is InChI=1S/C14H19NO4S/c1-3-19-12-10-15(2)20(17,18)14-9-5-4-7-13(14)8-6-11-16/h4-5,7,9,16H,3,10-12H2,1-2H3. The van der Waals surface area contributed by atoms with E-state index in [0.717, 1.165) is 0 Å². The Morgan fingerprint density at radius 3 is 2.70 bits per heavy atom. The quantitative estimate of drug-likeness (QED) is 0.619. The van der Waals surface area contributed by atoms with Crippen LogP contribution in [0.3, 0.4) is 0 Å². The second-order valence-electron chi connectivity index (χ2n) is 3.98. The van der Waals surface area contributed by atoms with Gasteiger partial charge in [-0.05, 0) is 19.1 Å². The molecule has 1 aromatic rings.